The van der Waals surface area contributed by atoms with Crippen LogP contribution in [0.1, 0.15) is 30.0 Å². The Morgan fingerprint density at radius 2 is 1.94 bits per heavy atom. The van der Waals surface area contributed by atoms with Gasteiger partial charge in [-0.1, -0.05) is 30.7 Å². The lowest BCUT2D eigenvalue weighted by atomic mass is 10.1. The number of aliphatic hydroxyl groups excluding tert-OH is 1. The zero-order valence-corrected chi connectivity index (χ0v) is 10.7. The van der Waals surface area contributed by atoms with E-state index in [0.29, 0.717) is 0 Å². The fraction of sp³-hybridized carbons (Fsp3) is 0.571. The molecule has 0 aliphatic rings. The second-order valence-corrected chi connectivity index (χ2v) is 4.43. The highest BCUT2D eigenvalue weighted by Crippen LogP contribution is 2.13. The molecule has 0 unspecified atom stereocenters. The van der Waals surface area contributed by atoms with Gasteiger partial charge in [0, 0.05) is 13.1 Å². The zero-order chi connectivity index (χ0) is 12.0. The number of benzene rings is 1. The Hall–Kier alpha value is -0.860. The van der Waals surface area contributed by atoms with E-state index in [4.69, 9.17) is 5.11 Å². The minimum Gasteiger partial charge on any atom is -0.395 e. The highest BCUT2D eigenvalue weighted by Gasteiger charge is 2.06. The number of aliphatic hydroxyl groups is 1. The molecule has 1 aromatic rings. The first-order valence-corrected chi connectivity index (χ1v) is 6.06. The number of aryl methyl sites for hydroxylation is 2. The summed E-state index contributed by atoms with van der Waals surface area (Å²) in [5.41, 5.74) is 4.02. The van der Waals surface area contributed by atoms with Crippen molar-refractivity contribution in [1.82, 2.24) is 4.90 Å². The lowest BCUT2D eigenvalue weighted by Gasteiger charge is -2.21. The van der Waals surface area contributed by atoms with Gasteiger partial charge < -0.3 is 5.11 Å². The maximum absolute atomic E-state index is 9.02. The minimum atomic E-state index is 0.241. The van der Waals surface area contributed by atoms with Gasteiger partial charge in [-0.25, -0.2) is 0 Å². The fourth-order valence-electron chi connectivity index (χ4n) is 1.94. The summed E-state index contributed by atoms with van der Waals surface area (Å²) in [5.74, 6) is 0. The monoisotopic (exact) mass is 221 g/mol. The van der Waals surface area contributed by atoms with Gasteiger partial charge in [0.2, 0.25) is 0 Å². The van der Waals surface area contributed by atoms with Crippen molar-refractivity contribution in [2.24, 2.45) is 0 Å². The molecule has 1 rings (SSSR count). The molecule has 2 heteroatoms. The van der Waals surface area contributed by atoms with E-state index >= 15 is 0 Å². The maximum atomic E-state index is 9.02. The van der Waals surface area contributed by atoms with Crippen molar-refractivity contribution in [2.45, 2.75) is 33.7 Å². The van der Waals surface area contributed by atoms with Crippen LogP contribution in [-0.2, 0) is 6.54 Å². The first kappa shape index (κ1) is 13.2. The van der Waals surface area contributed by atoms with E-state index < -0.39 is 0 Å². The van der Waals surface area contributed by atoms with Gasteiger partial charge in [-0.05, 0) is 37.9 Å². The molecular formula is C14H23NO. The molecule has 0 aliphatic heterocycles. The summed E-state index contributed by atoms with van der Waals surface area (Å²) >= 11 is 0. The van der Waals surface area contributed by atoms with Crippen LogP contribution in [0, 0.1) is 13.8 Å². The molecule has 0 aromatic heterocycles. The summed E-state index contributed by atoms with van der Waals surface area (Å²) in [6.07, 6.45) is 1.13. The van der Waals surface area contributed by atoms with E-state index in [1.807, 2.05) is 0 Å². The van der Waals surface area contributed by atoms with E-state index in [0.717, 1.165) is 26.1 Å². The zero-order valence-electron chi connectivity index (χ0n) is 10.7. The van der Waals surface area contributed by atoms with Crippen LogP contribution in [0.2, 0.25) is 0 Å². The van der Waals surface area contributed by atoms with Crippen molar-refractivity contribution in [1.29, 1.82) is 0 Å². The third kappa shape index (κ3) is 3.95. The molecule has 1 aromatic carbocycles. The average Bonchev–Trinajstić information content (AvgIpc) is 2.24. The molecule has 0 aliphatic carbocycles. The second-order valence-electron chi connectivity index (χ2n) is 4.43. The lowest BCUT2D eigenvalue weighted by molar-refractivity contribution is 0.190. The van der Waals surface area contributed by atoms with Crippen LogP contribution in [0.15, 0.2) is 18.2 Å². The smallest absolute Gasteiger partial charge is 0.0558 e. The third-order valence-electron chi connectivity index (χ3n) is 2.85. The topological polar surface area (TPSA) is 23.5 Å². The predicted octanol–water partition coefficient (Wildman–Crippen LogP) is 2.51. The van der Waals surface area contributed by atoms with E-state index in [-0.39, 0.29) is 6.61 Å². The van der Waals surface area contributed by atoms with Gasteiger partial charge >= 0.3 is 0 Å². The maximum Gasteiger partial charge on any atom is 0.0558 e. The quantitative estimate of drug-likeness (QED) is 0.798. The first-order valence-electron chi connectivity index (χ1n) is 6.06. The Balaban J connectivity index is 2.71. The number of hydrogen-bond acceptors (Lipinski definition) is 2. The van der Waals surface area contributed by atoms with Gasteiger partial charge in [-0.15, -0.1) is 0 Å². The Bertz CT molecular complexity index is 317. The highest BCUT2D eigenvalue weighted by atomic mass is 16.3. The molecule has 0 saturated heterocycles. The molecule has 0 radical (unpaired) electrons. The van der Waals surface area contributed by atoms with Gasteiger partial charge in [0.25, 0.3) is 0 Å². The molecule has 16 heavy (non-hydrogen) atoms. The Morgan fingerprint density at radius 3 is 2.56 bits per heavy atom. The molecule has 2 nitrogen and oxygen atoms in total. The Labute approximate surface area is 98.9 Å². The molecule has 0 bridgehead atoms. The summed E-state index contributed by atoms with van der Waals surface area (Å²) in [5, 5.41) is 9.02. The normalized spacial score (nSPS) is 11.1. The van der Waals surface area contributed by atoms with Gasteiger partial charge in [0.1, 0.15) is 0 Å². The van der Waals surface area contributed by atoms with Gasteiger partial charge in [0.15, 0.2) is 0 Å². The van der Waals surface area contributed by atoms with Crippen LogP contribution in [-0.4, -0.2) is 29.7 Å². The highest BCUT2D eigenvalue weighted by molar-refractivity contribution is 5.30. The van der Waals surface area contributed by atoms with Crippen molar-refractivity contribution in [2.75, 3.05) is 19.7 Å². The SMILES string of the molecule is CCCN(CCO)Cc1cc(C)ccc1C. The second kappa shape index (κ2) is 6.66. The largest absolute Gasteiger partial charge is 0.395 e. The predicted molar refractivity (Wildman–Crippen MR) is 68.6 cm³/mol. The summed E-state index contributed by atoms with van der Waals surface area (Å²) in [7, 11) is 0. The molecule has 0 spiro atoms. The summed E-state index contributed by atoms with van der Waals surface area (Å²) in [6, 6.07) is 6.57. The van der Waals surface area contributed by atoms with Crippen LogP contribution in [0.3, 0.4) is 0 Å². The standard InChI is InChI=1S/C14H23NO/c1-4-7-15(8-9-16)11-14-10-12(2)5-6-13(14)3/h5-6,10,16H,4,7-9,11H2,1-3H3. The van der Waals surface area contributed by atoms with Crippen LogP contribution in [0.25, 0.3) is 0 Å². The van der Waals surface area contributed by atoms with Crippen LogP contribution >= 0.6 is 0 Å². The fourth-order valence-corrected chi connectivity index (χ4v) is 1.94. The van der Waals surface area contributed by atoms with E-state index in [9.17, 15) is 0 Å². The van der Waals surface area contributed by atoms with Gasteiger partial charge in [0.05, 0.1) is 6.61 Å². The van der Waals surface area contributed by atoms with Crippen LogP contribution in [0.4, 0.5) is 0 Å². The number of rotatable bonds is 6. The van der Waals surface area contributed by atoms with Crippen molar-refractivity contribution in [3.8, 4) is 0 Å². The van der Waals surface area contributed by atoms with Crippen LogP contribution in [0.5, 0.6) is 0 Å². The van der Waals surface area contributed by atoms with Crippen molar-refractivity contribution >= 4 is 0 Å². The average molecular weight is 221 g/mol. The van der Waals surface area contributed by atoms with Crippen molar-refractivity contribution in [3.63, 3.8) is 0 Å². The molecule has 90 valence electrons. The number of hydrogen-bond donors (Lipinski definition) is 1. The summed E-state index contributed by atoms with van der Waals surface area (Å²) < 4.78 is 0. The molecular weight excluding hydrogens is 198 g/mol. The van der Waals surface area contributed by atoms with E-state index in [1.54, 1.807) is 0 Å². The lowest BCUT2D eigenvalue weighted by Crippen LogP contribution is -2.27. The first-order chi connectivity index (χ1) is 7.67. The summed E-state index contributed by atoms with van der Waals surface area (Å²) in [6.45, 7) is 9.45. The molecule has 0 heterocycles. The Kier molecular flexibility index (Phi) is 5.50. The number of nitrogens with zero attached hydrogens (tertiary/aromatic N) is 1. The third-order valence-corrected chi connectivity index (χ3v) is 2.85. The van der Waals surface area contributed by atoms with Crippen molar-refractivity contribution < 1.29 is 5.11 Å². The molecule has 0 fully saturated rings. The van der Waals surface area contributed by atoms with Gasteiger partial charge in [-0.2, -0.15) is 0 Å². The molecule has 0 atom stereocenters. The van der Waals surface area contributed by atoms with E-state index in [1.165, 1.54) is 16.7 Å². The molecule has 0 saturated carbocycles. The van der Waals surface area contributed by atoms with Gasteiger partial charge in [-0.3, -0.25) is 4.90 Å². The molecule has 0 amide bonds. The van der Waals surface area contributed by atoms with Crippen LogP contribution < -0.4 is 0 Å². The molecule has 1 N–H and O–H groups in total. The van der Waals surface area contributed by atoms with E-state index in [2.05, 4.69) is 43.9 Å². The summed E-state index contributed by atoms with van der Waals surface area (Å²) in [4.78, 5) is 2.31. The van der Waals surface area contributed by atoms with Crippen molar-refractivity contribution in [3.05, 3.63) is 34.9 Å². The Morgan fingerprint density at radius 1 is 1.19 bits per heavy atom. The minimum absolute atomic E-state index is 0.241.